The van der Waals surface area contributed by atoms with Gasteiger partial charge in [-0.3, -0.25) is 23.5 Å². The lowest BCUT2D eigenvalue weighted by atomic mass is 10.0. The molecule has 3 aromatic rings. The van der Waals surface area contributed by atoms with Crippen molar-refractivity contribution < 1.29 is 33.0 Å². The standard InChI is InChI=1S/C30H26ClN5O7S2/c31-13-19-15-45(41)28-23(34-26(38)22(35-43-20-11-12-20)21-14-44-30(33-21)32-16-37)27(39)36(28)24(19)29(40)42-25(17-7-3-1-4-8-17)18-9-5-2-6-10-18/h1-10,14,16,20,23,25,28H,11-13,15H2,(H,34,38)(H,32,33,37)/t23-,28+,45?/m1/s1. The largest absolute Gasteiger partial charge is 0.448 e. The number of esters is 1. The van der Waals surface area contributed by atoms with Crippen molar-refractivity contribution in [2.75, 3.05) is 16.9 Å². The summed E-state index contributed by atoms with van der Waals surface area (Å²) < 4.78 is 19.4. The minimum atomic E-state index is -1.70. The third-order valence-corrected chi connectivity index (χ3v) is 9.99. The van der Waals surface area contributed by atoms with Crippen LogP contribution in [0.15, 0.2) is 82.5 Å². The lowest BCUT2D eigenvalue weighted by Gasteiger charge is -2.49. The third-order valence-electron chi connectivity index (χ3n) is 7.24. The van der Waals surface area contributed by atoms with Gasteiger partial charge in [-0.1, -0.05) is 65.8 Å². The van der Waals surface area contributed by atoms with Crippen LogP contribution in [0.2, 0.25) is 0 Å². The van der Waals surface area contributed by atoms with Crippen LogP contribution in [0.4, 0.5) is 5.13 Å². The van der Waals surface area contributed by atoms with Gasteiger partial charge in [0.2, 0.25) is 6.41 Å². The van der Waals surface area contributed by atoms with Crippen LogP contribution in [0.3, 0.4) is 0 Å². The van der Waals surface area contributed by atoms with E-state index in [1.54, 1.807) is 0 Å². The number of carbonyl (C=O) groups is 4. The minimum Gasteiger partial charge on any atom is -0.448 e. The normalized spacial score (nSPS) is 21.1. The van der Waals surface area contributed by atoms with Gasteiger partial charge in [-0.25, -0.2) is 9.78 Å². The quantitative estimate of drug-likeness (QED) is 0.0746. The van der Waals surface area contributed by atoms with E-state index in [4.69, 9.17) is 21.2 Å². The molecule has 1 aromatic heterocycles. The van der Waals surface area contributed by atoms with Crippen LogP contribution in [0.1, 0.15) is 35.8 Å². The summed E-state index contributed by atoms with van der Waals surface area (Å²) in [7, 11) is -1.70. The Morgan fingerprint density at radius 2 is 1.80 bits per heavy atom. The summed E-state index contributed by atoms with van der Waals surface area (Å²) in [5.74, 6) is -2.49. The van der Waals surface area contributed by atoms with E-state index in [1.165, 1.54) is 5.38 Å². The van der Waals surface area contributed by atoms with Gasteiger partial charge in [0.05, 0.1) is 16.6 Å². The van der Waals surface area contributed by atoms with Gasteiger partial charge in [0.15, 0.2) is 16.9 Å². The molecule has 0 radical (unpaired) electrons. The molecule has 3 aliphatic rings. The summed E-state index contributed by atoms with van der Waals surface area (Å²) in [6.07, 6.45) is 1.10. The predicted molar refractivity (Wildman–Crippen MR) is 167 cm³/mol. The number of benzene rings is 2. The fraction of sp³-hybridized carbons (Fsp3) is 0.267. The SMILES string of the molecule is O=CNc1nc(C(=NOC2CC2)C(=O)N[C@@H]2C(=O)N3C(C(=O)OC(c4ccccc4)c4ccccc4)=C(CCl)CS(=O)[C@@H]23)cs1. The fourth-order valence-electron chi connectivity index (χ4n) is 4.91. The van der Waals surface area contributed by atoms with E-state index in [-0.39, 0.29) is 40.0 Å². The zero-order chi connectivity index (χ0) is 31.5. The number of rotatable bonds is 12. The van der Waals surface area contributed by atoms with E-state index in [0.29, 0.717) is 12.0 Å². The molecular weight excluding hydrogens is 642 g/mol. The van der Waals surface area contributed by atoms with Crippen molar-refractivity contribution in [1.29, 1.82) is 0 Å². The van der Waals surface area contributed by atoms with E-state index in [9.17, 15) is 23.4 Å². The molecule has 1 unspecified atom stereocenters. The first-order valence-electron chi connectivity index (χ1n) is 13.9. The molecule has 12 nitrogen and oxygen atoms in total. The molecular formula is C30H26ClN5O7S2. The number of halogens is 1. The number of alkyl halides is 1. The molecule has 0 spiro atoms. The number of oxime groups is 1. The maximum Gasteiger partial charge on any atom is 0.356 e. The Morgan fingerprint density at radius 3 is 2.40 bits per heavy atom. The number of carbonyl (C=O) groups excluding carboxylic acids is 4. The molecule has 2 aromatic carbocycles. The molecule has 1 saturated heterocycles. The second kappa shape index (κ2) is 13.3. The van der Waals surface area contributed by atoms with E-state index in [1.807, 2.05) is 60.7 Å². The zero-order valence-electron chi connectivity index (χ0n) is 23.5. The number of ether oxygens (including phenoxy) is 1. The average molecular weight is 668 g/mol. The summed E-state index contributed by atoms with van der Waals surface area (Å²) >= 11 is 7.26. The average Bonchev–Trinajstić information content (AvgIpc) is 3.78. The zero-order valence-corrected chi connectivity index (χ0v) is 25.8. The number of hydrogen-bond donors (Lipinski definition) is 2. The van der Waals surface area contributed by atoms with Crippen molar-refractivity contribution in [3.63, 3.8) is 0 Å². The molecule has 1 saturated carbocycles. The maximum absolute atomic E-state index is 13.8. The van der Waals surface area contributed by atoms with Gasteiger partial charge in [-0.05, 0) is 29.5 Å². The van der Waals surface area contributed by atoms with Gasteiger partial charge < -0.3 is 20.2 Å². The van der Waals surface area contributed by atoms with Crippen molar-refractivity contribution in [3.05, 3.63) is 94.1 Å². The Morgan fingerprint density at radius 1 is 1.13 bits per heavy atom. The van der Waals surface area contributed by atoms with Gasteiger partial charge in [-0.2, -0.15) is 0 Å². The number of fused-ring (bicyclic) bond motifs is 1. The Balaban J connectivity index is 1.24. The fourth-order valence-corrected chi connectivity index (χ4v) is 7.58. The smallest absolute Gasteiger partial charge is 0.356 e. The van der Waals surface area contributed by atoms with E-state index < -0.39 is 46.1 Å². The number of thiazole rings is 1. The van der Waals surface area contributed by atoms with Crippen molar-refractivity contribution >= 4 is 68.8 Å². The molecule has 2 aliphatic heterocycles. The molecule has 232 valence electrons. The van der Waals surface area contributed by atoms with Crippen LogP contribution >= 0.6 is 22.9 Å². The summed E-state index contributed by atoms with van der Waals surface area (Å²) in [5, 5.41) is 9.68. The minimum absolute atomic E-state index is 0.0861. The van der Waals surface area contributed by atoms with Crippen molar-refractivity contribution in [2.45, 2.75) is 36.5 Å². The molecule has 2 fully saturated rings. The number of nitrogens with zero attached hydrogens (tertiary/aromatic N) is 3. The molecule has 6 rings (SSSR count). The summed E-state index contributed by atoms with van der Waals surface area (Å²) in [5.41, 5.74) is 1.56. The van der Waals surface area contributed by atoms with Crippen LogP contribution < -0.4 is 10.6 Å². The highest BCUT2D eigenvalue weighted by atomic mass is 35.5. The number of aromatic nitrogens is 1. The topological polar surface area (TPSA) is 156 Å². The summed E-state index contributed by atoms with van der Waals surface area (Å²) in [4.78, 5) is 62.3. The number of nitrogens with one attached hydrogen (secondary N) is 2. The first-order chi connectivity index (χ1) is 21.9. The third kappa shape index (κ3) is 6.39. The molecule has 1 aliphatic carbocycles. The number of hydrogen-bond acceptors (Lipinski definition) is 10. The Bertz CT molecular complexity index is 1670. The molecule has 45 heavy (non-hydrogen) atoms. The van der Waals surface area contributed by atoms with E-state index in [2.05, 4.69) is 20.8 Å². The maximum atomic E-state index is 13.8. The number of amides is 3. The molecule has 3 amide bonds. The van der Waals surface area contributed by atoms with Gasteiger partial charge in [0.25, 0.3) is 11.8 Å². The summed E-state index contributed by atoms with van der Waals surface area (Å²) in [6.45, 7) is 0. The number of anilines is 1. The molecule has 0 bridgehead atoms. The highest BCUT2D eigenvalue weighted by molar-refractivity contribution is 7.86. The van der Waals surface area contributed by atoms with Gasteiger partial charge >= 0.3 is 5.97 Å². The second-order valence-electron chi connectivity index (χ2n) is 10.3. The van der Waals surface area contributed by atoms with E-state index in [0.717, 1.165) is 40.2 Å². The van der Waals surface area contributed by atoms with Crippen LogP contribution in [-0.4, -0.2) is 73.2 Å². The van der Waals surface area contributed by atoms with E-state index >= 15 is 0 Å². The molecule has 3 heterocycles. The molecule has 3 atom stereocenters. The second-order valence-corrected chi connectivity index (χ2v) is 13.0. The molecule has 2 N–H and O–H groups in total. The molecule has 15 heteroatoms. The monoisotopic (exact) mass is 667 g/mol. The Labute approximate surface area is 268 Å². The van der Waals surface area contributed by atoms with Crippen LogP contribution in [0.25, 0.3) is 0 Å². The number of β-lactam (4-membered cyclic amide) rings is 1. The van der Waals surface area contributed by atoms with Gasteiger partial charge in [-0.15, -0.1) is 22.9 Å². The lowest BCUT2D eigenvalue weighted by molar-refractivity contribution is -0.154. The Hall–Kier alpha value is -4.40. The van der Waals surface area contributed by atoms with Gasteiger partial charge in [0, 0.05) is 11.3 Å². The van der Waals surface area contributed by atoms with Crippen molar-refractivity contribution in [1.82, 2.24) is 15.2 Å². The van der Waals surface area contributed by atoms with Crippen LogP contribution in [0, 0.1) is 0 Å². The lowest BCUT2D eigenvalue weighted by Crippen LogP contribution is -2.74. The highest BCUT2D eigenvalue weighted by Gasteiger charge is 2.57. The highest BCUT2D eigenvalue weighted by Crippen LogP contribution is 2.37. The first kappa shape index (κ1) is 30.6. The summed E-state index contributed by atoms with van der Waals surface area (Å²) in [6, 6.07) is 17.1. The van der Waals surface area contributed by atoms with Crippen LogP contribution in [-0.2, 0) is 39.6 Å². The first-order valence-corrected chi connectivity index (χ1v) is 16.7. The van der Waals surface area contributed by atoms with Gasteiger partial charge in [0.1, 0.15) is 28.9 Å². The van der Waals surface area contributed by atoms with Crippen molar-refractivity contribution in [2.24, 2.45) is 5.16 Å². The Kier molecular flexibility index (Phi) is 9.05. The van der Waals surface area contributed by atoms with Crippen molar-refractivity contribution in [3.8, 4) is 0 Å². The predicted octanol–water partition coefficient (Wildman–Crippen LogP) is 2.84. The van der Waals surface area contributed by atoms with Crippen LogP contribution in [0.5, 0.6) is 0 Å².